The van der Waals surface area contributed by atoms with Gasteiger partial charge >= 0.3 is 0 Å². The number of likely N-dealkylation sites (N-methyl/N-ethyl adjacent to an activating group) is 1. The molecule has 6 rings (SSSR count). The lowest BCUT2D eigenvalue weighted by Crippen LogP contribution is -2.54. The maximum absolute atomic E-state index is 13.7. The summed E-state index contributed by atoms with van der Waals surface area (Å²) in [4.78, 5) is 63.6. The first-order chi connectivity index (χ1) is 21.3. The molecule has 0 saturated carbocycles. The Labute approximate surface area is 259 Å². The van der Waals surface area contributed by atoms with E-state index in [1.807, 2.05) is 48.7 Å². The second-order valence-electron chi connectivity index (χ2n) is 11.4. The van der Waals surface area contributed by atoms with Crippen LogP contribution in [0.4, 0.5) is 0 Å². The third-order valence-corrected chi connectivity index (χ3v) is 8.97. The number of nitrogens with zero attached hydrogens (tertiary/aromatic N) is 3. The van der Waals surface area contributed by atoms with Gasteiger partial charge < -0.3 is 25.4 Å². The summed E-state index contributed by atoms with van der Waals surface area (Å²) in [6.07, 6.45) is 5.44. The zero-order valence-corrected chi connectivity index (χ0v) is 25.0. The molecule has 4 heterocycles. The van der Waals surface area contributed by atoms with E-state index in [-0.39, 0.29) is 55.0 Å². The smallest absolute Gasteiger partial charge is 0.253 e. The predicted octanol–water partition coefficient (Wildman–Crippen LogP) is 3.13. The number of fused-ring (bicyclic) bond motifs is 2. The summed E-state index contributed by atoms with van der Waals surface area (Å²) in [5.41, 5.74) is 4.06. The third-order valence-electron chi connectivity index (χ3n) is 8.73. The topological polar surface area (TPSA) is 128 Å². The fraction of sp³-hybridized carbons (Fsp3) is 0.303. The van der Waals surface area contributed by atoms with Crippen molar-refractivity contribution in [1.29, 1.82) is 0 Å². The van der Waals surface area contributed by atoms with E-state index < -0.39 is 5.92 Å². The van der Waals surface area contributed by atoms with E-state index in [0.717, 1.165) is 27.6 Å². The van der Waals surface area contributed by atoms with Crippen LogP contribution >= 0.6 is 11.6 Å². The molecule has 10 nitrogen and oxygen atoms in total. The Kier molecular flexibility index (Phi) is 8.34. The average molecular weight is 613 g/mol. The van der Waals surface area contributed by atoms with Crippen molar-refractivity contribution >= 4 is 46.1 Å². The lowest BCUT2D eigenvalue weighted by atomic mass is 9.79. The third kappa shape index (κ3) is 6.03. The molecule has 3 atom stereocenters. The molecule has 0 spiro atoms. The second kappa shape index (κ2) is 12.5. The maximum atomic E-state index is 13.7. The number of pyridine rings is 1. The van der Waals surface area contributed by atoms with Gasteiger partial charge in [-0.1, -0.05) is 35.9 Å². The SMILES string of the molecule is CNC(=O)CNC(=O)C1CN(C(=O)Cc2c[nH]c3cc(Cl)ccc23)CC2CN(C(=O)c3cccc(-c4cccnc4)c3)CC21. The van der Waals surface area contributed by atoms with Gasteiger partial charge in [0.2, 0.25) is 17.7 Å². The van der Waals surface area contributed by atoms with E-state index in [1.165, 1.54) is 7.05 Å². The molecule has 2 aliphatic heterocycles. The number of benzene rings is 2. The molecule has 4 amide bonds. The van der Waals surface area contributed by atoms with Crippen LogP contribution in [0, 0.1) is 17.8 Å². The highest BCUT2D eigenvalue weighted by Crippen LogP contribution is 2.37. The molecule has 2 aliphatic rings. The number of nitrogens with one attached hydrogen (secondary N) is 3. The number of hydrogen-bond donors (Lipinski definition) is 3. The first kappa shape index (κ1) is 29.4. The van der Waals surface area contributed by atoms with Gasteiger partial charge in [-0.15, -0.1) is 0 Å². The Bertz CT molecular complexity index is 1720. The predicted molar refractivity (Wildman–Crippen MR) is 167 cm³/mol. The summed E-state index contributed by atoms with van der Waals surface area (Å²) >= 11 is 6.13. The van der Waals surface area contributed by atoms with Crippen molar-refractivity contribution in [1.82, 2.24) is 30.4 Å². The van der Waals surface area contributed by atoms with Gasteiger partial charge in [-0.2, -0.15) is 0 Å². The minimum atomic E-state index is -0.566. The van der Waals surface area contributed by atoms with Gasteiger partial charge in [0, 0.05) is 78.9 Å². The van der Waals surface area contributed by atoms with Crippen LogP contribution in [-0.2, 0) is 20.8 Å². The van der Waals surface area contributed by atoms with Crippen molar-refractivity contribution in [3.05, 3.63) is 89.3 Å². The molecule has 2 aromatic heterocycles. The number of carbonyl (C=O) groups is 4. The quantitative estimate of drug-likeness (QED) is 0.296. The van der Waals surface area contributed by atoms with E-state index in [4.69, 9.17) is 11.6 Å². The second-order valence-corrected chi connectivity index (χ2v) is 11.9. The first-order valence-electron chi connectivity index (χ1n) is 14.6. The monoisotopic (exact) mass is 612 g/mol. The zero-order chi connectivity index (χ0) is 30.8. The number of likely N-dealkylation sites (tertiary alicyclic amines) is 2. The first-order valence-corrected chi connectivity index (χ1v) is 15.0. The molecule has 11 heteroatoms. The molecule has 2 fully saturated rings. The average Bonchev–Trinajstić information content (AvgIpc) is 3.66. The van der Waals surface area contributed by atoms with Crippen LogP contribution < -0.4 is 10.6 Å². The van der Waals surface area contributed by atoms with Crippen molar-refractivity contribution in [2.24, 2.45) is 17.8 Å². The van der Waals surface area contributed by atoms with Crippen LogP contribution in [-0.4, -0.2) is 83.2 Å². The fourth-order valence-corrected chi connectivity index (χ4v) is 6.61. The number of hydrogen-bond acceptors (Lipinski definition) is 5. The standard InChI is InChI=1S/C33H33ClN6O4/c1-35-30(41)15-38-32(43)28-19-39(31(42)11-23-14-37-29-12-25(34)7-8-26(23)29)16-24-17-40(18-27(24)28)33(44)21-5-2-4-20(10-21)22-6-3-9-36-13-22/h2-10,12-14,24,27-28,37H,11,15-19H2,1H3,(H,35,41)(H,38,43). The molecular formula is C33H33ClN6O4. The van der Waals surface area contributed by atoms with Gasteiger partial charge in [-0.3, -0.25) is 24.2 Å². The number of aromatic nitrogens is 2. The van der Waals surface area contributed by atoms with Crippen molar-refractivity contribution in [3.63, 3.8) is 0 Å². The minimum Gasteiger partial charge on any atom is -0.361 e. The van der Waals surface area contributed by atoms with Crippen LogP contribution in [0.1, 0.15) is 15.9 Å². The zero-order valence-electron chi connectivity index (χ0n) is 24.3. The summed E-state index contributed by atoms with van der Waals surface area (Å²) in [6, 6.07) is 16.7. The molecular weight excluding hydrogens is 580 g/mol. The number of piperidine rings is 1. The van der Waals surface area contributed by atoms with Crippen LogP contribution in [0.3, 0.4) is 0 Å². The molecule has 44 heavy (non-hydrogen) atoms. The Morgan fingerprint density at radius 2 is 1.80 bits per heavy atom. The lowest BCUT2D eigenvalue weighted by Gasteiger charge is -2.39. The largest absolute Gasteiger partial charge is 0.361 e. The van der Waals surface area contributed by atoms with Gasteiger partial charge in [0.25, 0.3) is 5.91 Å². The van der Waals surface area contributed by atoms with Gasteiger partial charge in [0.05, 0.1) is 18.9 Å². The van der Waals surface area contributed by atoms with E-state index >= 15 is 0 Å². The molecule has 3 N–H and O–H groups in total. The molecule has 226 valence electrons. The number of aromatic amines is 1. The Balaban J connectivity index is 1.21. The Morgan fingerprint density at radius 3 is 2.59 bits per heavy atom. The molecule has 2 aromatic carbocycles. The highest BCUT2D eigenvalue weighted by molar-refractivity contribution is 6.31. The summed E-state index contributed by atoms with van der Waals surface area (Å²) in [5.74, 6) is -1.63. The lowest BCUT2D eigenvalue weighted by molar-refractivity contribution is -0.139. The number of rotatable bonds is 7. The van der Waals surface area contributed by atoms with E-state index in [2.05, 4.69) is 20.6 Å². The summed E-state index contributed by atoms with van der Waals surface area (Å²) in [5, 5.41) is 6.77. The number of carbonyl (C=O) groups excluding carboxylic acids is 4. The number of H-pyrrole nitrogens is 1. The van der Waals surface area contributed by atoms with Crippen LogP contribution in [0.25, 0.3) is 22.0 Å². The van der Waals surface area contributed by atoms with Gasteiger partial charge in [0.15, 0.2) is 0 Å². The summed E-state index contributed by atoms with van der Waals surface area (Å²) in [6.45, 7) is 1.32. The van der Waals surface area contributed by atoms with Crippen LogP contribution in [0.15, 0.2) is 73.2 Å². The van der Waals surface area contributed by atoms with Crippen molar-refractivity contribution in [2.75, 3.05) is 39.8 Å². The van der Waals surface area contributed by atoms with Crippen molar-refractivity contribution in [3.8, 4) is 11.1 Å². The van der Waals surface area contributed by atoms with E-state index in [9.17, 15) is 19.2 Å². The highest BCUT2D eigenvalue weighted by atomic mass is 35.5. The van der Waals surface area contributed by atoms with E-state index in [0.29, 0.717) is 30.2 Å². The Hall–Kier alpha value is -4.70. The summed E-state index contributed by atoms with van der Waals surface area (Å²) in [7, 11) is 1.51. The van der Waals surface area contributed by atoms with Gasteiger partial charge in [-0.05, 0) is 53.3 Å². The molecule has 0 radical (unpaired) electrons. The molecule has 2 saturated heterocycles. The van der Waals surface area contributed by atoms with Crippen molar-refractivity contribution < 1.29 is 19.2 Å². The van der Waals surface area contributed by atoms with Crippen molar-refractivity contribution in [2.45, 2.75) is 6.42 Å². The van der Waals surface area contributed by atoms with Crippen LogP contribution in [0.5, 0.6) is 0 Å². The molecule has 0 aliphatic carbocycles. The highest BCUT2D eigenvalue weighted by Gasteiger charge is 2.47. The summed E-state index contributed by atoms with van der Waals surface area (Å²) < 4.78 is 0. The number of halogens is 1. The molecule has 4 aromatic rings. The fourth-order valence-electron chi connectivity index (χ4n) is 6.44. The normalized spacial score (nSPS) is 19.5. The van der Waals surface area contributed by atoms with E-state index in [1.54, 1.807) is 34.3 Å². The van der Waals surface area contributed by atoms with Gasteiger partial charge in [-0.25, -0.2) is 0 Å². The minimum absolute atomic E-state index is 0.0873. The molecule has 0 bridgehead atoms. The molecule has 3 unspecified atom stereocenters. The Morgan fingerprint density at radius 1 is 0.977 bits per heavy atom. The number of amides is 4. The van der Waals surface area contributed by atoms with Gasteiger partial charge in [0.1, 0.15) is 0 Å². The van der Waals surface area contributed by atoms with Crippen LogP contribution in [0.2, 0.25) is 5.02 Å². The maximum Gasteiger partial charge on any atom is 0.253 e.